The Hall–Kier alpha value is -2.11. The molecule has 0 atom stereocenters. The molecule has 1 aromatic rings. The minimum Gasteiger partial charge on any atom is -0.477 e. The van der Waals surface area contributed by atoms with Crippen LogP contribution in [0.2, 0.25) is 0 Å². The molecule has 86 valence electrons. The van der Waals surface area contributed by atoms with Crippen molar-refractivity contribution in [3.8, 4) is 0 Å². The Kier molecular flexibility index (Phi) is 3.82. The summed E-state index contributed by atoms with van der Waals surface area (Å²) in [4.78, 5) is 33.5. The van der Waals surface area contributed by atoms with E-state index < -0.39 is 11.5 Å². The predicted octanol–water partition coefficient (Wildman–Crippen LogP) is -0.317. The summed E-state index contributed by atoms with van der Waals surface area (Å²) in [5.41, 5.74) is -1.02. The van der Waals surface area contributed by atoms with Gasteiger partial charge in [-0.3, -0.25) is 9.59 Å². The van der Waals surface area contributed by atoms with Crippen molar-refractivity contribution in [3.05, 3.63) is 34.2 Å². The van der Waals surface area contributed by atoms with Crippen molar-refractivity contribution in [2.45, 2.75) is 13.5 Å². The zero-order valence-electron chi connectivity index (χ0n) is 8.77. The average molecular weight is 224 g/mol. The lowest BCUT2D eigenvalue weighted by molar-refractivity contribution is -0.121. The zero-order valence-corrected chi connectivity index (χ0v) is 8.77. The van der Waals surface area contributed by atoms with E-state index in [2.05, 4.69) is 5.32 Å². The van der Waals surface area contributed by atoms with Crippen molar-refractivity contribution in [3.63, 3.8) is 0 Å². The molecule has 1 aromatic heterocycles. The fourth-order valence-corrected chi connectivity index (χ4v) is 1.23. The molecule has 1 heterocycles. The highest BCUT2D eigenvalue weighted by atomic mass is 16.4. The molecule has 0 radical (unpaired) electrons. The van der Waals surface area contributed by atoms with Gasteiger partial charge in [-0.25, -0.2) is 4.79 Å². The maximum absolute atomic E-state index is 11.6. The van der Waals surface area contributed by atoms with Crippen LogP contribution in [0.5, 0.6) is 0 Å². The fourth-order valence-electron chi connectivity index (χ4n) is 1.23. The number of aromatic nitrogens is 1. The molecule has 6 nitrogen and oxygen atoms in total. The smallest absolute Gasteiger partial charge is 0.341 e. The lowest BCUT2D eigenvalue weighted by atomic mass is 10.3. The van der Waals surface area contributed by atoms with Gasteiger partial charge in [0.05, 0.1) is 0 Å². The van der Waals surface area contributed by atoms with Crippen LogP contribution in [0, 0.1) is 0 Å². The Bertz CT molecular complexity index is 464. The maximum atomic E-state index is 11.6. The van der Waals surface area contributed by atoms with Crippen LogP contribution in [0.15, 0.2) is 23.1 Å². The number of hydrogen-bond donors (Lipinski definition) is 2. The van der Waals surface area contributed by atoms with Gasteiger partial charge in [0.15, 0.2) is 0 Å². The molecule has 0 aliphatic heterocycles. The summed E-state index contributed by atoms with van der Waals surface area (Å²) in [7, 11) is 0. The Balaban J connectivity index is 2.98. The first-order valence-corrected chi connectivity index (χ1v) is 4.75. The second kappa shape index (κ2) is 5.11. The summed E-state index contributed by atoms with van der Waals surface area (Å²) < 4.78 is 1.06. The number of amides is 1. The summed E-state index contributed by atoms with van der Waals surface area (Å²) in [5.74, 6) is -1.62. The van der Waals surface area contributed by atoms with E-state index in [1.54, 1.807) is 6.92 Å². The molecule has 0 saturated carbocycles. The van der Waals surface area contributed by atoms with Crippen LogP contribution >= 0.6 is 0 Å². The van der Waals surface area contributed by atoms with E-state index >= 15 is 0 Å². The van der Waals surface area contributed by atoms with Gasteiger partial charge in [-0.15, -0.1) is 0 Å². The second-order valence-electron chi connectivity index (χ2n) is 3.11. The molecule has 0 spiro atoms. The molecule has 1 amide bonds. The molecule has 6 heteroatoms. The minimum absolute atomic E-state index is 0.173. The van der Waals surface area contributed by atoms with Gasteiger partial charge in [-0.05, 0) is 19.1 Å². The van der Waals surface area contributed by atoms with Crippen LogP contribution in [0.4, 0.5) is 0 Å². The third kappa shape index (κ3) is 2.69. The van der Waals surface area contributed by atoms with Gasteiger partial charge in [0.25, 0.3) is 5.56 Å². The Morgan fingerprint density at radius 1 is 1.50 bits per heavy atom. The molecular weight excluding hydrogens is 212 g/mol. The summed E-state index contributed by atoms with van der Waals surface area (Å²) in [5, 5.41) is 11.2. The molecule has 0 aliphatic rings. The molecule has 0 aliphatic carbocycles. The van der Waals surface area contributed by atoms with Gasteiger partial charge in [0.2, 0.25) is 5.91 Å². The number of hydrogen-bond acceptors (Lipinski definition) is 3. The van der Waals surface area contributed by atoms with E-state index in [-0.39, 0.29) is 18.0 Å². The highest BCUT2D eigenvalue weighted by Gasteiger charge is 2.11. The normalized spacial score (nSPS) is 9.81. The number of carbonyl (C=O) groups is 2. The quantitative estimate of drug-likeness (QED) is 0.733. The highest BCUT2D eigenvalue weighted by molar-refractivity contribution is 5.87. The molecular formula is C10H12N2O4. The molecule has 0 saturated heterocycles. The SMILES string of the molecule is CCNC(=O)Cn1cccc(C(=O)O)c1=O. The van der Waals surface area contributed by atoms with Gasteiger partial charge in [0, 0.05) is 12.7 Å². The molecule has 1 rings (SSSR count). The number of aromatic carboxylic acids is 1. The van der Waals surface area contributed by atoms with Crippen molar-refractivity contribution in [1.29, 1.82) is 0 Å². The molecule has 0 aromatic carbocycles. The Labute approximate surface area is 91.5 Å². The van der Waals surface area contributed by atoms with Crippen molar-refractivity contribution >= 4 is 11.9 Å². The minimum atomic E-state index is -1.30. The van der Waals surface area contributed by atoms with Crippen molar-refractivity contribution in [1.82, 2.24) is 9.88 Å². The first kappa shape index (κ1) is 12.0. The summed E-state index contributed by atoms with van der Waals surface area (Å²) in [6.45, 7) is 2.05. The third-order valence-electron chi connectivity index (χ3n) is 1.94. The topological polar surface area (TPSA) is 88.4 Å². The average Bonchev–Trinajstić information content (AvgIpc) is 2.21. The van der Waals surface area contributed by atoms with Gasteiger partial charge < -0.3 is 15.0 Å². The molecule has 0 unspecified atom stereocenters. The lowest BCUT2D eigenvalue weighted by Gasteiger charge is -2.06. The van der Waals surface area contributed by atoms with Crippen molar-refractivity contribution in [2.75, 3.05) is 6.54 Å². The Morgan fingerprint density at radius 3 is 2.75 bits per heavy atom. The highest BCUT2D eigenvalue weighted by Crippen LogP contribution is 1.92. The number of pyridine rings is 1. The number of carboxylic acid groups (broad SMARTS) is 1. The van der Waals surface area contributed by atoms with E-state index in [0.717, 1.165) is 4.57 Å². The monoisotopic (exact) mass is 224 g/mol. The van der Waals surface area contributed by atoms with Gasteiger partial charge in [0.1, 0.15) is 12.1 Å². The number of nitrogens with one attached hydrogen (secondary N) is 1. The first-order chi connectivity index (χ1) is 7.56. The van der Waals surface area contributed by atoms with E-state index in [1.807, 2.05) is 0 Å². The number of nitrogens with zero attached hydrogens (tertiary/aromatic N) is 1. The van der Waals surface area contributed by atoms with E-state index in [0.29, 0.717) is 6.54 Å². The molecule has 2 N–H and O–H groups in total. The van der Waals surface area contributed by atoms with Crippen LogP contribution < -0.4 is 10.9 Å². The van der Waals surface area contributed by atoms with Crippen LogP contribution in [0.25, 0.3) is 0 Å². The standard InChI is InChI=1S/C10H12N2O4/c1-2-11-8(13)6-12-5-3-4-7(9(12)14)10(15)16/h3-5H,2,6H2,1H3,(H,11,13)(H,15,16). The summed E-state index contributed by atoms with van der Waals surface area (Å²) in [6.07, 6.45) is 1.38. The fraction of sp³-hybridized carbons (Fsp3) is 0.300. The number of rotatable bonds is 4. The summed E-state index contributed by atoms with van der Waals surface area (Å²) in [6, 6.07) is 2.63. The second-order valence-corrected chi connectivity index (χ2v) is 3.11. The van der Waals surface area contributed by atoms with Crippen LogP contribution in [-0.2, 0) is 11.3 Å². The van der Waals surface area contributed by atoms with Crippen LogP contribution in [0.3, 0.4) is 0 Å². The number of carbonyl (C=O) groups excluding carboxylic acids is 1. The van der Waals surface area contributed by atoms with E-state index in [9.17, 15) is 14.4 Å². The predicted molar refractivity (Wildman–Crippen MR) is 56.3 cm³/mol. The number of likely N-dealkylation sites (N-methyl/N-ethyl adjacent to an activating group) is 1. The third-order valence-corrected chi connectivity index (χ3v) is 1.94. The molecule has 0 bridgehead atoms. The zero-order chi connectivity index (χ0) is 12.1. The molecule has 16 heavy (non-hydrogen) atoms. The van der Waals surface area contributed by atoms with Crippen molar-refractivity contribution in [2.24, 2.45) is 0 Å². The largest absolute Gasteiger partial charge is 0.477 e. The number of carboxylic acids is 1. The van der Waals surface area contributed by atoms with E-state index in [4.69, 9.17) is 5.11 Å². The van der Waals surface area contributed by atoms with Crippen molar-refractivity contribution < 1.29 is 14.7 Å². The van der Waals surface area contributed by atoms with E-state index in [1.165, 1.54) is 18.3 Å². The molecule has 0 fully saturated rings. The lowest BCUT2D eigenvalue weighted by Crippen LogP contribution is -2.33. The van der Waals surface area contributed by atoms with Crippen LogP contribution in [-0.4, -0.2) is 28.1 Å². The first-order valence-electron chi connectivity index (χ1n) is 4.75. The van der Waals surface area contributed by atoms with Gasteiger partial charge >= 0.3 is 5.97 Å². The van der Waals surface area contributed by atoms with Gasteiger partial charge in [-0.2, -0.15) is 0 Å². The van der Waals surface area contributed by atoms with Crippen LogP contribution in [0.1, 0.15) is 17.3 Å². The maximum Gasteiger partial charge on any atom is 0.341 e. The summed E-state index contributed by atoms with van der Waals surface area (Å²) >= 11 is 0. The Morgan fingerprint density at radius 2 is 2.19 bits per heavy atom. The van der Waals surface area contributed by atoms with Gasteiger partial charge in [-0.1, -0.05) is 0 Å².